The molecule has 0 aliphatic carbocycles. The summed E-state index contributed by atoms with van der Waals surface area (Å²) in [5, 5.41) is 13.7. The molecule has 2 aromatic rings. The molecular formula is C20H17N3O4. The van der Waals surface area contributed by atoms with Crippen LogP contribution in [-0.2, 0) is 19.1 Å². The minimum absolute atomic E-state index is 0.352. The quantitative estimate of drug-likeness (QED) is 0.577. The van der Waals surface area contributed by atoms with Crippen molar-refractivity contribution in [2.24, 2.45) is 0 Å². The van der Waals surface area contributed by atoms with E-state index < -0.39 is 24.4 Å². The molecule has 7 heteroatoms. The summed E-state index contributed by atoms with van der Waals surface area (Å²) < 4.78 is 4.79. The lowest BCUT2D eigenvalue weighted by Crippen LogP contribution is -2.31. The zero-order valence-corrected chi connectivity index (χ0v) is 14.3. The highest BCUT2D eigenvalue weighted by molar-refractivity contribution is 5.95. The normalized spacial score (nSPS) is 10.0. The van der Waals surface area contributed by atoms with Gasteiger partial charge in [0, 0.05) is 11.8 Å². The van der Waals surface area contributed by atoms with Gasteiger partial charge in [-0.15, -0.1) is 0 Å². The maximum Gasteiger partial charge on any atom is 0.325 e. The number of nitrogens with zero attached hydrogens (tertiary/aromatic N) is 1. The average Bonchev–Trinajstić information content (AvgIpc) is 2.70. The number of nitrogens with one attached hydrogen (secondary N) is 2. The van der Waals surface area contributed by atoms with Crippen LogP contribution in [0.25, 0.3) is 6.08 Å². The molecule has 0 aliphatic heterocycles. The van der Waals surface area contributed by atoms with Crippen molar-refractivity contribution in [1.29, 1.82) is 5.26 Å². The zero-order valence-electron chi connectivity index (χ0n) is 14.3. The summed E-state index contributed by atoms with van der Waals surface area (Å²) >= 11 is 0. The van der Waals surface area contributed by atoms with Crippen molar-refractivity contribution in [2.75, 3.05) is 18.5 Å². The number of ether oxygens (including phenoxy) is 1. The molecule has 0 unspecified atom stereocenters. The van der Waals surface area contributed by atoms with E-state index in [1.165, 1.54) is 12.1 Å². The standard InChI is InChI=1S/C20H17N3O4/c21-12-16-7-4-8-17(11-16)23-19(25)14-27-20(26)13-22-18(24)10-9-15-5-2-1-3-6-15/h1-11H,13-14H2,(H,22,24)(H,23,25)/b10-9+. The molecule has 0 bridgehead atoms. The summed E-state index contributed by atoms with van der Waals surface area (Å²) in [6.07, 6.45) is 2.92. The van der Waals surface area contributed by atoms with Crippen LogP contribution in [0.2, 0.25) is 0 Å². The van der Waals surface area contributed by atoms with Crippen LogP contribution < -0.4 is 10.6 Å². The fraction of sp³-hybridized carbons (Fsp3) is 0.100. The van der Waals surface area contributed by atoms with E-state index >= 15 is 0 Å². The first-order valence-electron chi connectivity index (χ1n) is 8.03. The molecule has 136 valence electrons. The van der Waals surface area contributed by atoms with Gasteiger partial charge in [-0.1, -0.05) is 36.4 Å². The number of esters is 1. The second-order valence-corrected chi connectivity index (χ2v) is 5.36. The van der Waals surface area contributed by atoms with Gasteiger partial charge in [0.15, 0.2) is 6.61 Å². The predicted molar refractivity (Wildman–Crippen MR) is 99.2 cm³/mol. The van der Waals surface area contributed by atoms with Gasteiger partial charge in [-0.3, -0.25) is 14.4 Å². The summed E-state index contributed by atoms with van der Waals surface area (Å²) in [6.45, 7) is -0.847. The number of hydrogen-bond donors (Lipinski definition) is 2. The summed E-state index contributed by atoms with van der Waals surface area (Å²) in [6, 6.07) is 17.5. The molecule has 2 rings (SSSR count). The molecule has 0 saturated heterocycles. The SMILES string of the molecule is N#Cc1cccc(NC(=O)COC(=O)CNC(=O)/C=C/c2ccccc2)c1. The Morgan fingerprint density at radius 1 is 1.07 bits per heavy atom. The Labute approximate surface area is 156 Å². The molecule has 2 amide bonds. The van der Waals surface area contributed by atoms with E-state index in [0.29, 0.717) is 11.3 Å². The molecule has 0 atom stereocenters. The van der Waals surface area contributed by atoms with E-state index in [0.717, 1.165) is 5.56 Å². The van der Waals surface area contributed by atoms with Gasteiger partial charge >= 0.3 is 5.97 Å². The Bertz CT molecular complexity index is 886. The van der Waals surface area contributed by atoms with Crippen LogP contribution in [0, 0.1) is 11.3 Å². The lowest BCUT2D eigenvalue weighted by atomic mass is 10.2. The summed E-state index contributed by atoms with van der Waals surface area (Å²) in [7, 11) is 0. The number of nitriles is 1. The van der Waals surface area contributed by atoms with Gasteiger partial charge in [0.2, 0.25) is 5.91 Å². The maximum absolute atomic E-state index is 11.7. The molecule has 0 heterocycles. The lowest BCUT2D eigenvalue weighted by Gasteiger charge is -2.07. The number of carbonyl (C=O) groups excluding carboxylic acids is 3. The van der Waals surface area contributed by atoms with E-state index in [1.54, 1.807) is 24.3 Å². The molecule has 0 saturated carbocycles. The molecule has 0 radical (unpaired) electrons. The van der Waals surface area contributed by atoms with Crippen LogP contribution in [0.15, 0.2) is 60.7 Å². The Hall–Kier alpha value is -3.92. The first kappa shape index (κ1) is 19.4. The molecule has 0 fully saturated rings. The predicted octanol–water partition coefficient (Wildman–Crippen LogP) is 1.87. The highest BCUT2D eigenvalue weighted by Gasteiger charge is 2.09. The molecule has 7 nitrogen and oxygen atoms in total. The van der Waals surface area contributed by atoms with Crippen molar-refractivity contribution in [1.82, 2.24) is 5.32 Å². The summed E-state index contributed by atoms with van der Waals surface area (Å²) in [5.74, 6) is -1.74. The Balaban J connectivity index is 1.69. The second-order valence-electron chi connectivity index (χ2n) is 5.36. The third kappa shape index (κ3) is 7.23. The molecule has 27 heavy (non-hydrogen) atoms. The van der Waals surface area contributed by atoms with Crippen LogP contribution in [0.5, 0.6) is 0 Å². The molecule has 0 spiro atoms. The van der Waals surface area contributed by atoms with Crippen molar-refractivity contribution in [3.05, 3.63) is 71.8 Å². The van der Waals surface area contributed by atoms with Crippen molar-refractivity contribution >= 4 is 29.5 Å². The highest BCUT2D eigenvalue weighted by atomic mass is 16.5. The van der Waals surface area contributed by atoms with Gasteiger partial charge in [-0.25, -0.2) is 0 Å². The van der Waals surface area contributed by atoms with Crippen LogP contribution in [0.3, 0.4) is 0 Å². The Morgan fingerprint density at radius 3 is 2.59 bits per heavy atom. The van der Waals surface area contributed by atoms with Crippen molar-refractivity contribution in [3.8, 4) is 6.07 Å². The molecule has 2 aromatic carbocycles. The van der Waals surface area contributed by atoms with Gasteiger partial charge in [-0.2, -0.15) is 5.26 Å². The molecule has 0 aliphatic rings. The topological polar surface area (TPSA) is 108 Å². The maximum atomic E-state index is 11.7. The fourth-order valence-electron chi connectivity index (χ4n) is 2.01. The first-order chi connectivity index (χ1) is 13.1. The van der Waals surface area contributed by atoms with E-state index in [9.17, 15) is 14.4 Å². The smallest absolute Gasteiger partial charge is 0.325 e. The number of amides is 2. The minimum atomic E-state index is -0.739. The number of anilines is 1. The van der Waals surface area contributed by atoms with E-state index in [4.69, 9.17) is 10.00 Å². The van der Waals surface area contributed by atoms with Crippen LogP contribution >= 0.6 is 0 Å². The number of benzene rings is 2. The van der Waals surface area contributed by atoms with E-state index in [1.807, 2.05) is 36.4 Å². The van der Waals surface area contributed by atoms with Gasteiger partial charge in [-0.05, 0) is 29.8 Å². The summed E-state index contributed by atoms with van der Waals surface area (Å²) in [5.41, 5.74) is 1.68. The Morgan fingerprint density at radius 2 is 1.85 bits per heavy atom. The molecule has 2 N–H and O–H groups in total. The van der Waals surface area contributed by atoms with Crippen molar-refractivity contribution in [3.63, 3.8) is 0 Å². The third-order valence-electron chi connectivity index (χ3n) is 3.27. The minimum Gasteiger partial charge on any atom is -0.454 e. The van der Waals surface area contributed by atoms with Crippen molar-refractivity contribution in [2.45, 2.75) is 0 Å². The molecular weight excluding hydrogens is 346 g/mol. The van der Waals surface area contributed by atoms with Crippen molar-refractivity contribution < 1.29 is 19.1 Å². The molecule has 0 aromatic heterocycles. The highest BCUT2D eigenvalue weighted by Crippen LogP contribution is 2.09. The largest absolute Gasteiger partial charge is 0.454 e. The monoisotopic (exact) mass is 363 g/mol. The Kier molecular flexibility index (Phi) is 7.30. The van der Waals surface area contributed by atoms with Crippen LogP contribution in [0.1, 0.15) is 11.1 Å². The number of hydrogen-bond acceptors (Lipinski definition) is 5. The van der Waals surface area contributed by atoms with Gasteiger partial charge in [0.1, 0.15) is 6.54 Å². The van der Waals surface area contributed by atoms with E-state index in [-0.39, 0.29) is 6.54 Å². The van der Waals surface area contributed by atoms with Crippen LogP contribution in [-0.4, -0.2) is 30.9 Å². The average molecular weight is 363 g/mol. The van der Waals surface area contributed by atoms with Gasteiger partial charge < -0.3 is 15.4 Å². The summed E-state index contributed by atoms with van der Waals surface area (Å²) in [4.78, 5) is 35.0. The fourth-order valence-corrected chi connectivity index (χ4v) is 2.01. The number of rotatable bonds is 7. The second kappa shape index (κ2) is 10.2. The lowest BCUT2D eigenvalue weighted by molar-refractivity contribution is -0.146. The third-order valence-corrected chi connectivity index (χ3v) is 3.27. The van der Waals surface area contributed by atoms with Gasteiger partial charge in [0.25, 0.3) is 5.91 Å². The zero-order chi connectivity index (χ0) is 19.5. The van der Waals surface area contributed by atoms with E-state index in [2.05, 4.69) is 10.6 Å². The number of carbonyl (C=O) groups is 3. The van der Waals surface area contributed by atoms with Gasteiger partial charge in [0.05, 0.1) is 11.6 Å². The first-order valence-corrected chi connectivity index (χ1v) is 8.03. The van der Waals surface area contributed by atoms with Crippen LogP contribution in [0.4, 0.5) is 5.69 Å².